The number of imidazole rings is 1. The van der Waals surface area contributed by atoms with Crippen LogP contribution in [0.2, 0.25) is 10.0 Å². The Kier molecular flexibility index (Phi) is 9.00. The average molecular weight is 591 g/mol. The Hall–Kier alpha value is -3.05. The van der Waals surface area contributed by atoms with E-state index in [0.29, 0.717) is 68.9 Å². The Labute approximate surface area is 241 Å². The minimum Gasteiger partial charge on any atom is -0.492 e. The number of likely N-dealkylation sites (N-methyl/N-ethyl adjacent to an activating group) is 1. The van der Waals surface area contributed by atoms with Crippen molar-refractivity contribution in [3.05, 3.63) is 63.8 Å². The molecule has 12 heteroatoms. The summed E-state index contributed by atoms with van der Waals surface area (Å²) in [6.07, 6.45) is 3.79. The van der Waals surface area contributed by atoms with E-state index in [9.17, 15) is 8.78 Å². The van der Waals surface area contributed by atoms with E-state index >= 15 is 0 Å². The largest absolute Gasteiger partial charge is 0.492 e. The first-order chi connectivity index (χ1) is 19.3. The molecule has 1 fully saturated rings. The number of piperidine rings is 1. The molecule has 1 atom stereocenters. The van der Waals surface area contributed by atoms with Crippen molar-refractivity contribution in [1.82, 2.24) is 29.7 Å². The van der Waals surface area contributed by atoms with E-state index in [0.717, 1.165) is 44.6 Å². The molecule has 0 amide bonds. The van der Waals surface area contributed by atoms with Crippen LogP contribution in [-0.2, 0) is 13.1 Å². The van der Waals surface area contributed by atoms with Crippen LogP contribution in [0.15, 0.2) is 36.5 Å². The topological polar surface area (TPSA) is 80.1 Å². The summed E-state index contributed by atoms with van der Waals surface area (Å²) >= 11 is 13.6. The summed E-state index contributed by atoms with van der Waals surface area (Å²) in [6.45, 7) is 4.03. The van der Waals surface area contributed by atoms with Crippen molar-refractivity contribution in [3.63, 3.8) is 0 Å². The minimum atomic E-state index is -0.901. The van der Waals surface area contributed by atoms with Gasteiger partial charge in [0.15, 0.2) is 17.3 Å². The highest BCUT2D eigenvalue weighted by Crippen LogP contribution is 2.39. The summed E-state index contributed by atoms with van der Waals surface area (Å²) in [4.78, 5) is 16.0. The third-order valence-corrected chi connectivity index (χ3v) is 7.40. The van der Waals surface area contributed by atoms with Gasteiger partial charge >= 0.3 is 0 Å². The fourth-order valence-electron chi connectivity index (χ4n) is 4.73. The molecule has 0 unspecified atom stereocenters. The lowest BCUT2D eigenvalue weighted by Gasteiger charge is -2.24. The van der Waals surface area contributed by atoms with Crippen molar-refractivity contribution in [1.29, 1.82) is 0 Å². The molecule has 0 aliphatic carbocycles. The van der Waals surface area contributed by atoms with Gasteiger partial charge in [-0.15, -0.1) is 0 Å². The van der Waals surface area contributed by atoms with E-state index in [4.69, 9.17) is 37.9 Å². The van der Waals surface area contributed by atoms with Crippen molar-refractivity contribution < 1.29 is 13.5 Å². The molecule has 2 N–H and O–H groups in total. The lowest BCUT2D eigenvalue weighted by molar-refractivity contribution is 0.261. The second-order valence-corrected chi connectivity index (χ2v) is 11.0. The van der Waals surface area contributed by atoms with E-state index in [-0.39, 0.29) is 6.54 Å². The minimum absolute atomic E-state index is 0.225. The molecule has 0 bridgehead atoms. The molecule has 4 aromatic rings. The molecule has 0 saturated carbocycles. The maximum atomic E-state index is 13.7. The second-order valence-electron chi connectivity index (χ2n) is 10.2. The third-order valence-electron chi connectivity index (χ3n) is 6.81. The predicted octanol–water partition coefficient (Wildman–Crippen LogP) is 5.63. The predicted molar refractivity (Wildman–Crippen MR) is 154 cm³/mol. The summed E-state index contributed by atoms with van der Waals surface area (Å²) in [6, 6.07) is 7.27. The van der Waals surface area contributed by atoms with Crippen LogP contribution in [0.3, 0.4) is 0 Å². The second kappa shape index (κ2) is 12.6. The Morgan fingerprint density at radius 2 is 1.93 bits per heavy atom. The molecule has 1 aliphatic rings. The summed E-state index contributed by atoms with van der Waals surface area (Å²) in [5, 5.41) is 7.42. The Morgan fingerprint density at radius 1 is 1.12 bits per heavy atom. The number of ether oxygens (including phenoxy) is 1. The molecule has 0 radical (unpaired) electrons. The van der Waals surface area contributed by atoms with E-state index in [1.54, 1.807) is 18.3 Å². The maximum Gasteiger partial charge on any atom is 0.225 e. The van der Waals surface area contributed by atoms with Gasteiger partial charge in [0.25, 0.3) is 0 Å². The van der Waals surface area contributed by atoms with Crippen LogP contribution in [0.25, 0.3) is 22.6 Å². The molecule has 1 aliphatic heterocycles. The first kappa shape index (κ1) is 28.5. The number of hydrogen-bond donors (Lipinski definition) is 2. The highest BCUT2D eigenvalue weighted by Gasteiger charge is 2.24. The van der Waals surface area contributed by atoms with Gasteiger partial charge in [-0.25, -0.2) is 18.7 Å². The lowest BCUT2D eigenvalue weighted by Crippen LogP contribution is -2.32. The Balaban J connectivity index is 1.49. The SMILES string of the molecule is CN(C)CCOc1cc(Cl)c(-c2nc3cnc(NCc4ccc(F)c(F)c4)nc3n2C[C@@H]2CCCNC2)c(Cl)c1. The van der Waals surface area contributed by atoms with Crippen molar-refractivity contribution in [2.75, 3.05) is 45.7 Å². The number of anilines is 1. The number of aromatic nitrogens is 4. The lowest BCUT2D eigenvalue weighted by atomic mass is 9.99. The van der Waals surface area contributed by atoms with Gasteiger partial charge in [0.1, 0.15) is 23.7 Å². The van der Waals surface area contributed by atoms with Gasteiger partial charge in [-0.05, 0) is 75.8 Å². The normalized spacial score (nSPS) is 15.6. The molecule has 2 aromatic carbocycles. The Bertz CT molecular complexity index is 1470. The van der Waals surface area contributed by atoms with Crippen LogP contribution in [0.5, 0.6) is 5.75 Å². The number of halogens is 4. The molecule has 8 nitrogen and oxygen atoms in total. The molecule has 40 heavy (non-hydrogen) atoms. The molecule has 5 rings (SSSR count). The zero-order valence-corrected chi connectivity index (χ0v) is 23.9. The van der Waals surface area contributed by atoms with Crippen LogP contribution >= 0.6 is 23.2 Å². The number of nitrogens with one attached hydrogen (secondary N) is 2. The van der Waals surface area contributed by atoms with E-state index in [2.05, 4.69) is 15.6 Å². The molecular weight excluding hydrogens is 559 g/mol. The van der Waals surface area contributed by atoms with Gasteiger partial charge in [0, 0.05) is 19.6 Å². The molecule has 3 heterocycles. The van der Waals surface area contributed by atoms with Crippen molar-refractivity contribution >= 4 is 40.3 Å². The van der Waals surface area contributed by atoms with E-state index in [1.165, 1.54) is 6.07 Å². The fourth-order valence-corrected chi connectivity index (χ4v) is 5.37. The zero-order valence-electron chi connectivity index (χ0n) is 22.4. The number of nitrogens with zero attached hydrogens (tertiary/aromatic N) is 5. The van der Waals surface area contributed by atoms with Gasteiger partial charge in [0.2, 0.25) is 5.95 Å². The van der Waals surface area contributed by atoms with Crippen molar-refractivity contribution in [2.45, 2.75) is 25.9 Å². The molecule has 0 spiro atoms. The maximum absolute atomic E-state index is 13.7. The fraction of sp³-hybridized carbons (Fsp3) is 0.393. The van der Waals surface area contributed by atoms with E-state index in [1.807, 2.05) is 23.6 Å². The first-order valence-corrected chi connectivity index (χ1v) is 13.9. The Morgan fingerprint density at radius 3 is 2.62 bits per heavy atom. The van der Waals surface area contributed by atoms with Crippen LogP contribution < -0.4 is 15.4 Å². The van der Waals surface area contributed by atoms with Gasteiger partial charge in [-0.2, -0.15) is 4.98 Å². The summed E-state index contributed by atoms with van der Waals surface area (Å²) in [7, 11) is 3.95. The third kappa shape index (κ3) is 6.63. The highest BCUT2D eigenvalue weighted by atomic mass is 35.5. The van der Waals surface area contributed by atoms with Crippen LogP contribution in [0, 0.1) is 17.6 Å². The van der Waals surface area contributed by atoms with Crippen LogP contribution in [-0.4, -0.2) is 64.8 Å². The van der Waals surface area contributed by atoms with Crippen LogP contribution in [0.1, 0.15) is 18.4 Å². The summed E-state index contributed by atoms with van der Waals surface area (Å²) in [5.41, 5.74) is 2.38. The number of fused-ring (bicyclic) bond motifs is 1. The average Bonchev–Trinajstić information content (AvgIpc) is 3.26. The van der Waals surface area contributed by atoms with Crippen LogP contribution in [0.4, 0.5) is 14.7 Å². The summed E-state index contributed by atoms with van der Waals surface area (Å²) in [5.74, 6) is 0.104. The number of rotatable bonds is 10. The highest BCUT2D eigenvalue weighted by molar-refractivity contribution is 6.39. The smallest absolute Gasteiger partial charge is 0.225 e. The molecular formula is C28H31Cl2F2N7O. The standard InChI is InChI=1S/C28H31Cl2F2N7O/c1-38(2)8-9-40-19-11-20(29)25(21(30)12-19)27-36-24-15-35-28(34-14-17-5-6-22(31)23(32)10-17)37-26(24)39(27)16-18-4-3-7-33-13-18/h5-6,10-12,15,18,33H,3-4,7-9,13-14,16H2,1-2H3,(H,34,35,37)/t18-/m1/s1. The monoisotopic (exact) mass is 589 g/mol. The quantitative estimate of drug-likeness (QED) is 0.248. The number of hydrogen-bond acceptors (Lipinski definition) is 7. The van der Waals surface area contributed by atoms with Gasteiger partial charge in [-0.3, -0.25) is 0 Å². The first-order valence-electron chi connectivity index (χ1n) is 13.2. The van der Waals surface area contributed by atoms with Gasteiger partial charge in [-0.1, -0.05) is 29.3 Å². The van der Waals surface area contributed by atoms with Crippen molar-refractivity contribution in [3.8, 4) is 17.1 Å². The molecule has 1 saturated heterocycles. The molecule has 2 aromatic heterocycles. The van der Waals surface area contributed by atoms with Crippen molar-refractivity contribution in [2.24, 2.45) is 5.92 Å². The van der Waals surface area contributed by atoms with Gasteiger partial charge in [0.05, 0.1) is 21.8 Å². The summed E-state index contributed by atoms with van der Waals surface area (Å²) < 4.78 is 34.9. The zero-order chi connectivity index (χ0) is 28.2. The number of benzene rings is 2. The molecule has 212 valence electrons. The van der Waals surface area contributed by atoms with Gasteiger partial charge < -0.3 is 24.8 Å². The van der Waals surface area contributed by atoms with E-state index < -0.39 is 11.6 Å².